The Hall–Kier alpha value is -0.520. The molecule has 1 aliphatic heterocycles. The molecule has 0 fully saturated rings. The molecule has 0 spiro atoms. The van der Waals surface area contributed by atoms with Crippen LogP contribution in [0, 0.1) is 0 Å². The van der Waals surface area contributed by atoms with Gasteiger partial charge in [-0.15, -0.1) is 0 Å². The maximum Gasteiger partial charge on any atom is 0.189 e. The summed E-state index contributed by atoms with van der Waals surface area (Å²) in [5, 5.41) is 2.18. The molecular formula is C16H15BrCl2O3. The molecule has 6 heteroatoms. The van der Waals surface area contributed by atoms with Crippen molar-refractivity contribution in [3.8, 4) is 0 Å². The Morgan fingerprint density at radius 2 is 2.18 bits per heavy atom. The molecule has 0 saturated heterocycles. The van der Waals surface area contributed by atoms with Crippen molar-refractivity contribution in [1.29, 1.82) is 0 Å². The van der Waals surface area contributed by atoms with E-state index in [1.165, 1.54) is 0 Å². The lowest BCUT2D eigenvalue weighted by Crippen LogP contribution is -2.28. The highest BCUT2D eigenvalue weighted by Gasteiger charge is 2.31. The van der Waals surface area contributed by atoms with Crippen LogP contribution < -0.4 is 0 Å². The number of rotatable bonds is 3. The lowest BCUT2D eigenvalue weighted by molar-refractivity contribution is -0.0296. The van der Waals surface area contributed by atoms with Crippen LogP contribution in [-0.2, 0) is 14.2 Å². The van der Waals surface area contributed by atoms with Crippen LogP contribution >= 0.6 is 39.1 Å². The summed E-state index contributed by atoms with van der Waals surface area (Å²) in [4.78, 5) is 0. The van der Waals surface area contributed by atoms with Crippen molar-refractivity contribution in [2.75, 3.05) is 18.7 Å². The molecule has 0 N–H and O–H groups in total. The van der Waals surface area contributed by atoms with E-state index < -0.39 is 0 Å². The van der Waals surface area contributed by atoms with Gasteiger partial charge in [0.15, 0.2) is 6.79 Å². The molecule has 0 bridgehead atoms. The van der Waals surface area contributed by atoms with E-state index in [0.29, 0.717) is 18.1 Å². The summed E-state index contributed by atoms with van der Waals surface area (Å²) >= 11 is 15.8. The molecule has 22 heavy (non-hydrogen) atoms. The Kier molecular flexibility index (Phi) is 5.47. The van der Waals surface area contributed by atoms with Gasteiger partial charge in [0.25, 0.3) is 0 Å². The minimum absolute atomic E-state index is 0.142. The van der Waals surface area contributed by atoms with E-state index in [-0.39, 0.29) is 19.0 Å². The molecule has 3 rings (SSSR count). The summed E-state index contributed by atoms with van der Waals surface area (Å²) in [6, 6.07) is 0. The summed E-state index contributed by atoms with van der Waals surface area (Å²) in [7, 11) is 0. The van der Waals surface area contributed by atoms with Crippen molar-refractivity contribution in [2.24, 2.45) is 0 Å². The molecule has 3 nitrogen and oxygen atoms in total. The molecule has 0 saturated carbocycles. The third kappa shape index (κ3) is 3.52. The van der Waals surface area contributed by atoms with Crippen molar-refractivity contribution < 1.29 is 14.2 Å². The van der Waals surface area contributed by atoms with Gasteiger partial charge in [-0.05, 0) is 35.5 Å². The van der Waals surface area contributed by atoms with Gasteiger partial charge in [-0.3, -0.25) is 0 Å². The zero-order valence-electron chi connectivity index (χ0n) is 11.7. The van der Waals surface area contributed by atoms with Gasteiger partial charge in [0.05, 0.1) is 19.0 Å². The Balaban J connectivity index is 2.09. The van der Waals surface area contributed by atoms with E-state index in [1.807, 2.05) is 24.3 Å². The first-order valence-electron chi connectivity index (χ1n) is 6.96. The quantitative estimate of drug-likeness (QED) is 0.645. The van der Waals surface area contributed by atoms with E-state index in [4.69, 9.17) is 37.4 Å². The van der Waals surface area contributed by atoms with Crippen LogP contribution in [0.1, 0.15) is 6.42 Å². The number of allylic oxidation sites excluding steroid dienone is 3. The SMILES string of the molecule is ClC1=C/C2=C3/C(=COCOC2C=C1)C=C(Cl)CC3OCCBr. The second-order valence-corrected chi connectivity index (χ2v) is 6.76. The van der Waals surface area contributed by atoms with Crippen LogP contribution in [0.2, 0.25) is 0 Å². The molecule has 2 aliphatic carbocycles. The molecule has 2 atom stereocenters. The van der Waals surface area contributed by atoms with Crippen LogP contribution in [0.4, 0.5) is 0 Å². The number of halogens is 3. The van der Waals surface area contributed by atoms with E-state index in [0.717, 1.165) is 27.1 Å². The second kappa shape index (κ2) is 7.37. The molecule has 0 radical (unpaired) electrons. The van der Waals surface area contributed by atoms with Crippen LogP contribution in [0.3, 0.4) is 0 Å². The molecule has 0 amide bonds. The fraction of sp³-hybridized carbons (Fsp3) is 0.375. The summed E-state index contributed by atoms with van der Waals surface area (Å²) in [6.07, 6.45) is 9.58. The number of ether oxygens (including phenoxy) is 3. The third-order valence-electron chi connectivity index (χ3n) is 3.59. The van der Waals surface area contributed by atoms with Crippen molar-refractivity contribution in [2.45, 2.75) is 18.6 Å². The number of hydrogen-bond acceptors (Lipinski definition) is 3. The average molecular weight is 406 g/mol. The lowest BCUT2D eigenvalue weighted by Gasteiger charge is -2.32. The van der Waals surface area contributed by atoms with Gasteiger partial charge >= 0.3 is 0 Å². The monoisotopic (exact) mass is 404 g/mol. The van der Waals surface area contributed by atoms with E-state index >= 15 is 0 Å². The highest BCUT2D eigenvalue weighted by molar-refractivity contribution is 9.09. The predicted molar refractivity (Wildman–Crippen MR) is 91.1 cm³/mol. The third-order valence-corrected chi connectivity index (χ3v) is 4.41. The van der Waals surface area contributed by atoms with Gasteiger partial charge in [0.2, 0.25) is 0 Å². The van der Waals surface area contributed by atoms with Gasteiger partial charge in [0.1, 0.15) is 6.10 Å². The number of hydrogen-bond donors (Lipinski definition) is 0. The van der Waals surface area contributed by atoms with Gasteiger partial charge in [0, 0.05) is 27.4 Å². The number of alkyl halides is 1. The Morgan fingerprint density at radius 3 is 3.00 bits per heavy atom. The fourth-order valence-corrected chi connectivity index (χ4v) is 3.36. The van der Waals surface area contributed by atoms with Crippen LogP contribution in [0.25, 0.3) is 0 Å². The molecule has 2 unspecified atom stereocenters. The second-order valence-electron chi connectivity index (χ2n) is 5.05. The average Bonchev–Trinajstić information content (AvgIpc) is 2.48. The summed E-state index contributed by atoms with van der Waals surface area (Å²) < 4.78 is 17.2. The Morgan fingerprint density at radius 1 is 1.32 bits per heavy atom. The van der Waals surface area contributed by atoms with Gasteiger partial charge in [-0.1, -0.05) is 39.1 Å². The van der Waals surface area contributed by atoms with E-state index in [1.54, 1.807) is 6.26 Å². The van der Waals surface area contributed by atoms with Crippen molar-refractivity contribution in [3.05, 3.63) is 57.4 Å². The Labute approximate surface area is 148 Å². The van der Waals surface area contributed by atoms with Crippen LogP contribution in [-0.4, -0.2) is 30.9 Å². The van der Waals surface area contributed by atoms with Crippen molar-refractivity contribution in [1.82, 2.24) is 0 Å². The number of fused-ring (bicyclic) bond motifs is 2. The van der Waals surface area contributed by atoms with E-state index in [9.17, 15) is 0 Å². The lowest BCUT2D eigenvalue weighted by atomic mass is 9.85. The molecule has 0 aromatic carbocycles. The molecule has 3 aliphatic rings. The van der Waals surface area contributed by atoms with Gasteiger partial charge < -0.3 is 14.2 Å². The molecule has 0 aromatic rings. The first-order valence-corrected chi connectivity index (χ1v) is 8.83. The summed E-state index contributed by atoms with van der Waals surface area (Å²) in [5.74, 6) is 0. The largest absolute Gasteiger partial charge is 0.474 e. The van der Waals surface area contributed by atoms with Gasteiger partial charge in [-0.25, -0.2) is 0 Å². The first kappa shape index (κ1) is 16.3. The van der Waals surface area contributed by atoms with Crippen LogP contribution in [0.5, 0.6) is 0 Å². The fourth-order valence-electron chi connectivity index (χ4n) is 2.72. The molecule has 118 valence electrons. The van der Waals surface area contributed by atoms with Crippen molar-refractivity contribution >= 4 is 39.1 Å². The predicted octanol–water partition coefficient (Wildman–Crippen LogP) is 4.54. The molecule has 0 aromatic heterocycles. The maximum atomic E-state index is 6.27. The first-order chi connectivity index (χ1) is 10.7. The zero-order valence-corrected chi connectivity index (χ0v) is 14.8. The smallest absolute Gasteiger partial charge is 0.189 e. The van der Waals surface area contributed by atoms with Crippen LogP contribution in [0.15, 0.2) is 57.4 Å². The maximum absolute atomic E-state index is 6.27. The minimum Gasteiger partial charge on any atom is -0.474 e. The topological polar surface area (TPSA) is 27.7 Å². The normalized spacial score (nSPS) is 31.0. The minimum atomic E-state index is -0.193. The van der Waals surface area contributed by atoms with Gasteiger partial charge in [-0.2, -0.15) is 0 Å². The highest BCUT2D eigenvalue weighted by Crippen LogP contribution is 2.38. The summed E-state index contributed by atoms with van der Waals surface area (Å²) in [5.41, 5.74) is 2.94. The zero-order chi connectivity index (χ0) is 15.5. The molecular weight excluding hydrogens is 391 g/mol. The standard InChI is InChI=1S/C16H15BrCl2O3/c17-3-4-21-15-7-12(19)5-10-8-20-9-22-14-2-1-11(18)6-13(14)16(10)15/h1-2,5-6,8,14-15H,3-4,7,9H2/b10-8?,16-13+. The van der Waals surface area contributed by atoms with Crippen molar-refractivity contribution in [3.63, 3.8) is 0 Å². The molecule has 1 heterocycles. The summed E-state index contributed by atoms with van der Waals surface area (Å²) in [6.45, 7) is 0.775. The highest BCUT2D eigenvalue weighted by atomic mass is 79.9. The Bertz CT molecular complexity index is 605. The van der Waals surface area contributed by atoms with E-state index in [2.05, 4.69) is 15.9 Å².